The zero-order chi connectivity index (χ0) is 23.7. The van der Waals surface area contributed by atoms with Crippen molar-refractivity contribution in [1.29, 1.82) is 0 Å². The minimum atomic E-state index is -0.545. The van der Waals surface area contributed by atoms with Crippen LogP contribution >= 0.6 is 0 Å². The molecule has 0 N–H and O–H groups in total. The second-order valence-corrected chi connectivity index (χ2v) is 9.29. The van der Waals surface area contributed by atoms with Crippen LogP contribution < -0.4 is 11.0 Å². The summed E-state index contributed by atoms with van der Waals surface area (Å²) in [5, 5.41) is 2.50. The van der Waals surface area contributed by atoms with Crippen LogP contribution in [0.4, 0.5) is 0 Å². The fraction of sp³-hybridized carbons (Fsp3) is 0.538. The molecule has 1 aliphatic heterocycles. The Kier molecular flexibility index (Phi) is 7.16. The van der Waals surface area contributed by atoms with E-state index in [4.69, 9.17) is 9.31 Å². The number of rotatable bonds is 5. The first kappa shape index (κ1) is 24.5. The first-order chi connectivity index (χ1) is 15.2. The third kappa shape index (κ3) is 4.11. The molecule has 0 amide bonds. The van der Waals surface area contributed by atoms with E-state index in [0.717, 1.165) is 41.0 Å². The molecule has 32 heavy (non-hydrogen) atoms. The van der Waals surface area contributed by atoms with Gasteiger partial charge in [0, 0.05) is 34.6 Å². The molecular formula is C26H37BN2O3. The van der Waals surface area contributed by atoms with E-state index in [1.807, 2.05) is 76.6 Å². The second kappa shape index (κ2) is 9.36. The maximum absolute atomic E-state index is 13.5. The van der Waals surface area contributed by atoms with Crippen molar-refractivity contribution >= 4 is 34.3 Å². The maximum atomic E-state index is 13.5. The molecule has 3 aromatic rings. The Balaban J connectivity index is 0.00000141. The van der Waals surface area contributed by atoms with E-state index in [1.165, 1.54) is 0 Å². The second-order valence-electron chi connectivity index (χ2n) is 9.29. The zero-order valence-electron chi connectivity index (χ0n) is 20.9. The third-order valence-corrected chi connectivity index (χ3v) is 6.82. The SMILES string of the molecule is CC.CCCC(CC)n1ccc2c(cc(B3OC(C)(C)C(C)(C)O3)c3cccnc32)c1=O. The molecule has 0 radical (unpaired) electrons. The van der Waals surface area contributed by atoms with Crippen molar-refractivity contribution in [3.05, 3.63) is 47.0 Å². The number of hydrogen-bond acceptors (Lipinski definition) is 4. The van der Waals surface area contributed by atoms with Crippen LogP contribution in [-0.2, 0) is 9.31 Å². The predicted octanol–water partition coefficient (Wildman–Crippen LogP) is 5.63. The van der Waals surface area contributed by atoms with Crippen molar-refractivity contribution in [1.82, 2.24) is 9.55 Å². The highest BCUT2D eigenvalue weighted by Gasteiger charge is 2.52. The van der Waals surface area contributed by atoms with Gasteiger partial charge in [-0.05, 0) is 64.2 Å². The smallest absolute Gasteiger partial charge is 0.399 e. The van der Waals surface area contributed by atoms with Gasteiger partial charge in [0.15, 0.2) is 0 Å². The molecule has 1 fully saturated rings. The van der Waals surface area contributed by atoms with Crippen molar-refractivity contribution in [3.63, 3.8) is 0 Å². The van der Waals surface area contributed by atoms with Gasteiger partial charge in [-0.15, -0.1) is 0 Å². The lowest BCUT2D eigenvalue weighted by molar-refractivity contribution is 0.00578. The van der Waals surface area contributed by atoms with Crippen molar-refractivity contribution in [3.8, 4) is 0 Å². The quantitative estimate of drug-likeness (QED) is 0.385. The Hall–Kier alpha value is -2.18. The van der Waals surface area contributed by atoms with Gasteiger partial charge in [-0.2, -0.15) is 0 Å². The summed E-state index contributed by atoms with van der Waals surface area (Å²) in [7, 11) is -0.545. The fourth-order valence-corrected chi connectivity index (χ4v) is 4.32. The number of aromatic nitrogens is 2. The molecule has 5 nitrogen and oxygen atoms in total. The van der Waals surface area contributed by atoms with Gasteiger partial charge in [-0.25, -0.2) is 0 Å². The van der Waals surface area contributed by atoms with Gasteiger partial charge in [0.05, 0.1) is 16.7 Å². The van der Waals surface area contributed by atoms with Crippen molar-refractivity contribution in [2.24, 2.45) is 0 Å². The molecule has 172 valence electrons. The molecule has 4 rings (SSSR count). The van der Waals surface area contributed by atoms with Crippen molar-refractivity contribution in [2.75, 3.05) is 0 Å². The Morgan fingerprint density at radius 2 is 1.69 bits per heavy atom. The number of benzene rings is 1. The topological polar surface area (TPSA) is 53.4 Å². The molecular weight excluding hydrogens is 399 g/mol. The highest BCUT2D eigenvalue weighted by atomic mass is 16.7. The van der Waals surface area contributed by atoms with Gasteiger partial charge >= 0.3 is 7.12 Å². The molecule has 2 aromatic heterocycles. The van der Waals surface area contributed by atoms with E-state index in [1.54, 1.807) is 6.20 Å². The van der Waals surface area contributed by atoms with Crippen LogP contribution in [0, 0.1) is 0 Å². The number of fused-ring (bicyclic) bond motifs is 3. The Bertz CT molecular complexity index is 1140. The summed E-state index contributed by atoms with van der Waals surface area (Å²) in [6.45, 7) is 16.4. The minimum absolute atomic E-state index is 0.0260. The molecule has 0 spiro atoms. The number of nitrogens with zero attached hydrogens (tertiary/aromatic N) is 2. The summed E-state index contributed by atoms with van der Waals surface area (Å²) in [5.41, 5.74) is 0.798. The van der Waals surface area contributed by atoms with E-state index in [-0.39, 0.29) is 11.6 Å². The van der Waals surface area contributed by atoms with E-state index >= 15 is 0 Å². The van der Waals surface area contributed by atoms with Crippen LogP contribution in [0.1, 0.15) is 80.7 Å². The van der Waals surface area contributed by atoms with Gasteiger partial charge in [-0.1, -0.05) is 40.2 Å². The highest BCUT2D eigenvalue weighted by molar-refractivity contribution is 6.65. The molecule has 3 heterocycles. The number of pyridine rings is 2. The molecule has 1 aliphatic rings. The standard InChI is InChI=1S/C24H31BN2O3.C2H6/c1-7-10-16(8-2)27-14-12-17-19(22(27)28)15-20(18-11-9-13-26-21(17)18)25-29-23(3,4)24(5,6)30-25;1-2/h9,11-16H,7-8,10H2,1-6H3;1-2H3. The van der Waals surface area contributed by atoms with E-state index < -0.39 is 18.3 Å². The zero-order valence-corrected chi connectivity index (χ0v) is 20.9. The lowest BCUT2D eigenvalue weighted by atomic mass is 9.75. The van der Waals surface area contributed by atoms with E-state index in [2.05, 4.69) is 18.8 Å². The molecule has 0 bridgehead atoms. The van der Waals surface area contributed by atoms with Crippen LogP contribution in [0.2, 0.25) is 0 Å². The third-order valence-electron chi connectivity index (χ3n) is 6.82. The maximum Gasteiger partial charge on any atom is 0.495 e. The molecule has 1 saturated heterocycles. The van der Waals surface area contributed by atoms with Gasteiger partial charge < -0.3 is 13.9 Å². The van der Waals surface area contributed by atoms with Crippen LogP contribution in [0.3, 0.4) is 0 Å². The van der Waals surface area contributed by atoms with Gasteiger partial charge in [0.1, 0.15) is 0 Å². The summed E-state index contributed by atoms with van der Waals surface area (Å²) in [6, 6.07) is 8.13. The van der Waals surface area contributed by atoms with Crippen molar-refractivity contribution in [2.45, 2.75) is 91.9 Å². The molecule has 1 unspecified atom stereocenters. The monoisotopic (exact) mass is 436 g/mol. The lowest BCUT2D eigenvalue weighted by Gasteiger charge is -2.32. The molecule has 0 aliphatic carbocycles. The minimum Gasteiger partial charge on any atom is -0.399 e. The van der Waals surface area contributed by atoms with Gasteiger partial charge in [0.25, 0.3) is 5.56 Å². The van der Waals surface area contributed by atoms with Crippen LogP contribution in [0.15, 0.2) is 41.5 Å². The van der Waals surface area contributed by atoms with E-state index in [9.17, 15) is 4.79 Å². The average Bonchev–Trinajstić information content (AvgIpc) is 3.00. The van der Waals surface area contributed by atoms with Crippen LogP contribution in [0.25, 0.3) is 21.7 Å². The average molecular weight is 436 g/mol. The van der Waals surface area contributed by atoms with Crippen molar-refractivity contribution < 1.29 is 9.31 Å². The summed E-state index contributed by atoms with van der Waals surface area (Å²) in [5.74, 6) is 0. The molecule has 1 aromatic carbocycles. The van der Waals surface area contributed by atoms with Gasteiger partial charge in [0.2, 0.25) is 0 Å². The Morgan fingerprint density at radius 3 is 2.28 bits per heavy atom. The predicted molar refractivity (Wildman–Crippen MR) is 135 cm³/mol. The summed E-state index contributed by atoms with van der Waals surface area (Å²) >= 11 is 0. The number of hydrogen-bond donors (Lipinski definition) is 0. The fourth-order valence-electron chi connectivity index (χ4n) is 4.32. The van der Waals surface area contributed by atoms with E-state index in [0.29, 0.717) is 5.39 Å². The normalized spacial score (nSPS) is 17.9. The summed E-state index contributed by atoms with van der Waals surface area (Å²) in [6.07, 6.45) is 6.65. The summed E-state index contributed by atoms with van der Waals surface area (Å²) in [4.78, 5) is 18.1. The Morgan fingerprint density at radius 1 is 1.03 bits per heavy atom. The van der Waals surface area contributed by atoms with Crippen LogP contribution in [0.5, 0.6) is 0 Å². The molecule has 0 saturated carbocycles. The first-order valence-electron chi connectivity index (χ1n) is 12.0. The Labute approximate surface area is 192 Å². The van der Waals surface area contributed by atoms with Crippen LogP contribution in [-0.4, -0.2) is 27.9 Å². The molecule has 6 heteroatoms. The molecule has 1 atom stereocenters. The summed E-state index contributed by atoms with van der Waals surface area (Å²) < 4.78 is 14.5. The lowest BCUT2D eigenvalue weighted by Crippen LogP contribution is -2.41. The first-order valence-corrected chi connectivity index (χ1v) is 12.0. The highest BCUT2D eigenvalue weighted by Crippen LogP contribution is 2.37. The largest absolute Gasteiger partial charge is 0.495 e. The van der Waals surface area contributed by atoms with Gasteiger partial charge in [-0.3, -0.25) is 9.78 Å².